The van der Waals surface area contributed by atoms with Crippen LogP contribution < -0.4 is 4.52 Å². The van der Waals surface area contributed by atoms with Crippen LogP contribution >= 0.6 is 7.82 Å². The molecule has 2 aliphatic heterocycles. The van der Waals surface area contributed by atoms with Gasteiger partial charge in [0.25, 0.3) is 0 Å². The van der Waals surface area contributed by atoms with E-state index in [0.29, 0.717) is 12.6 Å². The number of nitrogens with zero attached hydrogens (tertiary/aromatic N) is 2. The molecule has 31 heavy (non-hydrogen) atoms. The number of piperidine rings is 1. The first-order chi connectivity index (χ1) is 14.8. The van der Waals surface area contributed by atoms with Gasteiger partial charge in [0.1, 0.15) is 11.9 Å². The smallest absolute Gasteiger partial charge is 0.404 e. The first-order valence-electron chi connectivity index (χ1n) is 10.8. The molecule has 2 aliphatic rings. The molecule has 2 saturated heterocycles. The van der Waals surface area contributed by atoms with Crippen molar-refractivity contribution in [2.75, 3.05) is 26.2 Å². The van der Waals surface area contributed by atoms with Crippen molar-refractivity contribution in [1.82, 2.24) is 9.80 Å². The molecule has 8 heteroatoms. The second kappa shape index (κ2) is 9.39. The van der Waals surface area contributed by atoms with Gasteiger partial charge in [-0.1, -0.05) is 42.0 Å². The Kier molecular flexibility index (Phi) is 6.80. The summed E-state index contributed by atoms with van der Waals surface area (Å²) in [4.78, 5) is 22.5. The largest absolute Gasteiger partial charge is 0.524 e. The standard InChI is InChI=1S/C23H30FN2O4P/c1-17-2-4-18(5-3-17)14-25-12-10-20(15-25)26-13-11-22(23(24)16-26)19-6-8-21(9-7-19)30-31(27,28)29/h2-9,20,22-23H,10-16H2,1H3,(H2,27,28,29)/t20-,22+,23-/m1/s1. The minimum absolute atomic E-state index is 0.0875. The Bertz CT molecular complexity index is 918. The minimum Gasteiger partial charge on any atom is -0.404 e. The molecular formula is C23H30FN2O4P. The van der Waals surface area contributed by atoms with Crippen LogP contribution in [-0.2, 0) is 11.1 Å². The topological polar surface area (TPSA) is 73.2 Å². The van der Waals surface area contributed by atoms with E-state index in [4.69, 9.17) is 9.79 Å². The Balaban J connectivity index is 1.30. The Morgan fingerprint density at radius 1 is 1.03 bits per heavy atom. The number of alkyl halides is 1. The average Bonchev–Trinajstić information content (AvgIpc) is 3.18. The van der Waals surface area contributed by atoms with Gasteiger partial charge in [-0.2, -0.15) is 0 Å². The van der Waals surface area contributed by atoms with E-state index in [1.165, 1.54) is 23.3 Å². The van der Waals surface area contributed by atoms with Gasteiger partial charge in [0.05, 0.1) is 0 Å². The lowest BCUT2D eigenvalue weighted by atomic mass is 9.87. The maximum absolute atomic E-state index is 15.1. The summed E-state index contributed by atoms with van der Waals surface area (Å²) in [6.45, 7) is 6.33. The lowest BCUT2D eigenvalue weighted by Crippen LogP contribution is -2.47. The van der Waals surface area contributed by atoms with Crippen LogP contribution in [0.25, 0.3) is 0 Å². The summed E-state index contributed by atoms with van der Waals surface area (Å²) in [5, 5.41) is 0. The highest BCUT2D eigenvalue weighted by Crippen LogP contribution is 2.39. The molecule has 2 N–H and O–H groups in total. The molecule has 0 amide bonds. The highest BCUT2D eigenvalue weighted by Gasteiger charge is 2.36. The second-order valence-corrected chi connectivity index (χ2v) is 9.88. The van der Waals surface area contributed by atoms with Crippen molar-refractivity contribution in [2.45, 2.75) is 44.4 Å². The summed E-state index contributed by atoms with van der Waals surface area (Å²) >= 11 is 0. The van der Waals surface area contributed by atoms with Crippen molar-refractivity contribution in [3.63, 3.8) is 0 Å². The van der Waals surface area contributed by atoms with Crippen molar-refractivity contribution in [1.29, 1.82) is 0 Å². The Morgan fingerprint density at radius 2 is 1.74 bits per heavy atom. The Labute approximate surface area is 182 Å². The molecule has 3 atom stereocenters. The summed E-state index contributed by atoms with van der Waals surface area (Å²) in [6, 6.07) is 15.4. The average molecular weight is 448 g/mol. The molecule has 0 aliphatic carbocycles. The Hall–Kier alpha value is -1.76. The van der Waals surface area contributed by atoms with Gasteiger partial charge in [-0.25, -0.2) is 8.96 Å². The van der Waals surface area contributed by atoms with Crippen LogP contribution in [0.3, 0.4) is 0 Å². The molecule has 0 spiro atoms. The number of halogens is 1. The molecule has 2 aromatic carbocycles. The van der Waals surface area contributed by atoms with Gasteiger partial charge >= 0.3 is 7.82 Å². The molecule has 168 valence electrons. The number of hydrogen-bond donors (Lipinski definition) is 2. The fourth-order valence-corrected chi connectivity index (χ4v) is 5.15. The molecule has 0 aromatic heterocycles. The Morgan fingerprint density at radius 3 is 2.39 bits per heavy atom. The molecule has 6 nitrogen and oxygen atoms in total. The number of rotatable bonds is 6. The maximum Gasteiger partial charge on any atom is 0.524 e. The fraction of sp³-hybridized carbons (Fsp3) is 0.478. The van der Waals surface area contributed by atoms with E-state index in [2.05, 4.69) is 45.5 Å². The van der Waals surface area contributed by atoms with Crippen molar-refractivity contribution < 1.29 is 23.3 Å². The van der Waals surface area contributed by atoms with Crippen molar-refractivity contribution >= 4 is 7.82 Å². The van der Waals surface area contributed by atoms with Gasteiger partial charge in [0.2, 0.25) is 0 Å². The van der Waals surface area contributed by atoms with Gasteiger partial charge < -0.3 is 4.52 Å². The third-order valence-electron chi connectivity index (χ3n) is 6.40. The fourth-order valence-electron chi connectivity index (χ4n) is 4.75. The van der Waals surface area contributed by atoms with E-state index in [1.807, 2.05) is 0 Å². The number of benzene rings is 2. The molecule has 0 bridgehead atoms. The number of phosphoric acid groups is 1. The zero-order valence-corrected chi connectivity index (χ0v) is 18.6. The first kappa shape index (κ1) is 22.4. The SMILES string of the molecule is Cc1ccc(CN2CC[C@@H](N3CC[C@@H](c4ccc(OP(=O)(O)O)cc4)[C@H](F)C3)C2)cc1. The summed E-state index contributed by atoms with van der Waals surface area (Å²) in [5.74, 6) is -0.116. The molecule has 2 fully saturated rings. The zero-order chi connectivity index (χ0) is 22.0. The summed E-state index contributed by atoms with van der Waals surface area (Å²) < 4.78 is 30.6. The van der Waals surface area contributed by atoms with Crippen molar-refractivity contribution in [3.05, 3.63) is 65.2 Å². The number of aryl methyl sites for hydroxylation is 1. The third-order valence-corrected chi connectivity index (χ3v) is 6.84. The highest BCUT2D eigenvalue weighted by atomic mass is 31.2. The van der Waals surface area contributed by atoms with Crippen LogP contribution in [0.4, 0.5) is 4.39 Å². The quantitative estimate of drug-likeness (QED) is 0.654. The normalized spacial score (nSPS) is 25.6. The van der Waals surface area contributed by atoms with E-state index < -0.39 is 14.0 Å². The maximum atomic E-state index is 15.1. The predicted molar refractivity (Wildman–Crippen MR) is 118 cm³/mol. The minimum atomic E-state index is -4.58. The van der Waals surface area contributed by atoms with Crippen LogP contribution in [0.15, 0.2) is 48.5 Å². The van der Waals surface area contributed by atoms with Gasteiger partial charge in [-0.15, -0.1) is 0 Å². The van der Waals surface area contributed by atoms with Gasteiger partial charge in [-0.3, -0.25) is 19.6 Å². The van der Waals surface area contributed by atoms with E-state index >= 15 is 4.39 Å². The molecule has 0 unspecified atom stereocenters. The van der Waals surface area contributed by atoms with Crippen LogP contribution in [0.2, 0.25) is 0 Å². The highest BCUT2D eigenvalue weighted by molar-refractivity contribution is 7.46. The van der Waals surface area contributed by atoms with Gasteiger partial charge in [-0.05, 0) is 49.6 Å². The second-order valence-electron chi connectivity index (χ2n) is 8.72. The summed E-state index contributed by atoms with van der Waals surface area (Å²) in [5.41, 5.74) is 3.43. The molecule has 4 rings (SSSR count). The van der Waals surface area contributed by atoms with Crippen molar-refractivity contribution in [2.24, 2.45) is 0 Å². The van der Waals surface area contributed by atoms with Crippen LogP contribution in [0, 0.1) is 6.92 Å². The first-order valence-corrected chi connectivity index (χ1v) is 12.3. The molecule has 2 aromatic rings. The van der Waals surface area contributed by atoms with E-state index in [-0.39, 0.29) is 11.7 Å². The van der Waals surface area contributed by atoms with Crippen molar-refractivity contribution in [3.8, 4) is 5.75 Å². The van der Waals surface area contributed by atoms with Gasteiger partial charge in [0, 0.05) is 38.1 Å². The monoisotopic (exact) mass is 448 g/mol. The zero-order valence-electron chi connectivity index (χ0n) is 17.7. The van der Waals surface area contributed by atoms with E-state index in [1.54, 1.807) is 12.1 Å². The number of phosphoric ester groups is 1. The molecule has 0 saturated carbocycles. The van der Waals surface area contributed by atoms with Gasteiger partial charge in [0.15, 0.2) is 0 Å². The third kappa shape index (κ3) is 5.93. The van der Waals surface area contributed by atoms with E-state index in [0.717, 1.165) is 44.6 Å². The van der Waals surface area contributed by atoms with E-state index in [9.17, 15) is 4.57 Å². The molecular weight excluding hydrogens is 418 g/mol. The van der Waals surface area contributed by atoms with Crippen LogP contribution in [0.5, 0.6) is 5.75 Å². The van der Waals surface area contributed by atoms with Crippen LogP contribution in [0.1, 0.15) is 35.4 Å². The number of likely N-dealkylation sites (tertiary alicyclic amines) is 2. The summed E-state index contributed by atoms with van der Waals surface area (Å²) in [6.07, 6.45) is 0.833. The predicted octanol–water partition coefficient (Wildman–Crippen LogP) is 3.87. The lowest BCUT2D eigenvalue weighted by Gasteiger charge is -2.38. The van der Waals surface area contributed by atoms with Crippen LogP contribution in [-0.4, -0.2) is 58.0 Å². The number of hydrogen-bond acceptors (Lipinski definition) is 4. The summed E-state index contributed by atoms with van der Waals surface area (Å²) in [7, 11) is -4.58. The lowest BCUT2D eigenvalue weighted by molar-refractivity contribution is 0.0835. The molecule has 2 heterocycles. The molecule has 0 radical (unpaired) electrons.